The Hall–Kier alpha value is -2.34. The first-order chi connectivity index (χ1) is 9.92. The molecule has 3 aromatic rings. The van der Waals surface area contributed by atoms with E-state index in [1.54, 1.807) is 18.3 Å². The third-order valence-electron chi connectivity index (χ3n) is 3.09. The number of anilines is 1. The number of benzene rings is 1. The molecule has 0 radical (unpaired) electrons. The molecule has 0 saturated carbocycles. The van der Waals surface area contributed by atoms with Crippen LogP contribution in [0.25, 0.3) is 22.4 Å². The Morgan fingerprint density at radius 1 is 1.19 bits per heavy atom. The first kappa shape index (κ1) is 13.6. The lowest BCUT2D eigenvalue weighted by molar-refractivity contribution is 0.606. The first-order valence-electron chi connectivity index (χ1n) is 6.36. The molecule has 21 heavy (non-hydrogen) atoms. The van der Waals surface area contributed by atoms with Gasteiger partial charge in [-0.25, -0.2) is 8.42 Å². The van der Waals surface area contributed by atoms with Gasteiger partial charge in [0.05, 0.1) is 6.26 Å². The highest BCUT2D eigenvalue weighted by Gasteiger charge is 2.11. The molecule has 0 atom stereocenters. The van der Waals surface area contributed by atoms with E-state index in [-0.39, 0.29) is 0 Å². The van der Waals surface area contributed by atoms with Gasteiger partial charge in [0.2, 0.25) is 10.0 Å². The van der Waals surface area contributed by atoms with Gasteiger partial charge in [-0.15, -0.1) is 0 Å². The summed E-state index contributed by atoms with van der Waals surface area (Å²) in [6.45, 7) is 1.94. The van der Waals surface area contributed by atoms with E-state index in [0.717, 1.165) is 22.9 Å². The van der Waals surface area contributed by atoms with Crippen molar-refractivity contribution in [1.82, 2.24) is 4.98 Å². The largest absolute Gasteiger partial charge is 0.454 e. The average molecular weight is 302 g/mol. The number of furan rings is 1. The third-order valence-corrected chi connectivity index (χ3v) is 3.70. The van der Waals surface area contributed by atoms with E-state index in [2.05, 4.69) is 9.71 Å². The minimum Gasteiger partial charge on any atom is -0.454 e. The molecule has 108 valence electrons. The molecule has 0 bridgehead atoms. The van der Waals surface area contributed by atoms with Crippen molar-refractivity contribution in [3.05, 3.63) is 48.2 Å². The molecule has 0 spiro atoms. The lowest BCUT2D eigenvalue weighted by atomic mass is 10.1. The third kappa shape index (κ3) is 2.90. The Balaban J connectivity index is 2.10. The zero-order valence-corrected chi connectivity index (χ0v) is 12.4. The highest BCUT2D eigenvalue weighted by Crippen LogP contribution is 2.31. The van der Waals surface area contributed by atoms with Gasteiger partial charge in [-0.2, -0.15) is 0 Å². The van der Waals surface area contributed by atoms with Crippen LogP contribution < -0.4 is 4.72 Å². The average Bonchev–Trinajstić information content (AvgIpc) is 2.83. The number of aromatic nitrogens is 1. The molecule has 0 amide bonds. The van der Waals surface area contributed by atoms with Crippen LogP contribution in [0.4, 0.5) is 5.69 Å². The summed E-state index contributed by atoms with van der Waals surface area (Å²) in [6.07, 6.45) is 2.83. The quantitative estimate of drug-likeness (QED) is 0.806. The summed E-state index contributed by atoms with van der Waals surface area (Å²) in [5, 5.41) is 0. The molecule has 0 unspecified atom stereocenters. The summed E-state index contributed by atoms with van der Waals surface area (Å²) >= 11 is 0. The zero-order chi connectivity index (χ0) is 15.0. The monoisotopic (exact) mass is 302 g/mol. The molecule has 0 fully saturated rings. The standard InChI is InChI=1S/C15H14N2O3S/c1-10-5-6-11(17-21(2,18)19)8-12(10)15-9-13-14(20-15)4-3-7-16-13/h3-9,17H,1-2H3. The van der Waals surface area contributed by atoms with Gasteiger partial charge < -0.3 is 4.42 Å². The van der Waals surface area contributed by atoms with Crippen molar-refractivity contribution in [2.75, 3.05) is 11.0 Å². The Morgan fingerprint density at radius 2 is 2.00 bits per heavy atom. The molecule has 3 rings (SSSR count). The van der Waals surface area contributed by atoms with E-state index in [1.165, 1.54) is 0 Å². The van der Waals surface area contributed by atoms with Gasteiger partial charge in [-0.05, 0) is 36.8 Å². The summed E-state index contributed by atoms with van der Waals surface area (Å²) in [4.78, 5) is 4.23. The number of hydrogen-bond donors (Lipinski definition) is 1. The summed E-state index contributed by atoms with van der Waals surface area (Å²) in [5.41, 5.74) is 3.81. The second kappa shape index (κ2) is 4.89. The van der Waals surface area contributed by atoms with Crippen LogP contribution in [-0.2, 0) is 10.0 Å². The first-order valence-corrected chi connectivity index (χ1v) is 8.25. The van der Waals surface area contributed by atoms with Crippen molar-refractivity contribution in [2.24, 2.45) is 0 Å². The number of sulfonamides is 1. The van der Waals surface area contributed by atoms with Crippen LogP contribution >= 0.6 is 0 Å². The number of rotatable bonds is 3. The van der Waals surface area contributed by atoms with Crippen LogP contribution in [0.5, 0.6) is 0 Å². The Bertz CT molecular complexity index is 881. The van der Waals surface area contributed by atoms with Crippen molar-refractivity contribution < 1.29 is 12.8 Å². The summed E-state index contributed by atoms with van der Waals surface area (Å²) < 4.78 is 30.9. The predicted molar refractivity (Wildman–Crippen MR) is 82.6 cm³/mol. The van der Waals surface area contributed by atoms with Crippen LogP contribution in [0.1, 0.15) is 5.56 Å². The van der Waals surface area contributed by atoms with Crippen molar-refractivity contribution >= 4 is 26.8 Å². The fraction of sp³-hybridized carbons (Fsp3) is 0.133. The number of nitrogens with zero attached hydrogens (tertiary/aromatic N) is 1. The molecule has 2 heterocycles. The molecular formula is C15H14N2O3S. The second-order valence-electron chi connectivity index (χ2n) is 4.90. The van der Waals surface area contributed by atoms with Crippen LogP contribution in [0.2, 0.25) is 0 Å². The minimum atomic E-state index is -3.31. The minimum absolute atomic E-state index is 0.506. The molecule has 0 aliphatic carbocycles. The molecule has 5 nitrogen and oxygen atoms in total. The van der Waals surface area contributed by atoms with E-state index in [4.69, 9.17) is 4.42 Å². The van der Waals surface area contributed by atoms with E-state index in [0.29, 0.717) is 17.0 Å². The Morgan fingerprint density at radius 3 is 2.71 bits per heavy atom. The van der Waals surface area contributed by atoms with Crippen LogP contribution in [0, 0.1) is 6.92 Å². The van der Waals surface area contributed by atoms with Crippen LogP contribution in [0.3, 0.4) is 0 Å². The maximum Gasteiger partial charge on any atom is 0.229 e. The molecule has 0 aliphatic rings. The molecule has 1 N–H and O–H groups in total. The normalized spacial score (nSPS) is 11.7. The second-order valence-corrected chi connectivity index (χ2v) is 6.65. The van der Waals surface area contributed by atoms with E-state index in [9.17, 15) is 8.42 Å². The Kier molecular flexibility index (Phi) is 3.17. The van der Waals surface area contributed by atoms with Crippen molar-refractivity contribution in [3.63, 3.8) is 0 Å². The summed E-state index contributed by atoms with van der Waals surface area (Å²) in [6, 6.07) is 10.8. The molecule has 0 saturated heterocycles. The fourth-order valence-electron chi connectivity index (χ4n) is 2.17. The van der Waals surface area contributed by atoms with Gasteiger partial charge in [0.1, 0.15) is 11.3 Å². The number of aryl methyl sites for hydroxylation is 1. The number of hydrogen-bond acceptors (Lipinski definition) is 4. The van der Waals surface area contributed by atoms with Gasteiger partial charge in [0, 0.05) is 23.5 Å². The van der Waals surface area contributed by atoms with Crippen molar-refractivity contribution in [1.29, 1.82) is 0 Å². The highest BCUT2D eigenvalue weighted by molar-refractivity contribution is 7.92. The fourth-order valence-corrected chi connectivity index (χ4v) is 2.72. The van der Waals surface area contributed by atoms with Crippen LogP contribution in [0.15, 0.2) is 47.0 Å². The molecule has 2 aromatic heterocycles. The van der Waals surface area contributed by atoms with E-state index in [1.807, 2.05) is 31.2 Å². The van der Waals surface area contributed by atoms with E-state index >= 15 is 0 Å². The number of pyridine rings is 1. The number of nitrogens with one attached hydrogen (secondary N) is 1. The summed E-state index contributed by atoms with van der Waals surface area (Å²) in [5.74, 6) is 0.665. The van der Waals surface area contributed by atoms with Gasteiger partial charge >= 0.3 is 0 Å². The van der Waals surface area contributed by atoms with Gasteiger partial charge in [-0.1, -0.05) is 6.07 Å². The topological polar surface area (TPSA) is 72.2 Å². The van der Waals surface area contributed by atoms with Gasteiger partial charge in [0.15, 0.2) is 5.58 Å². The molecule has 0 aliphatic heterocycles. The van der Waals surface area contributed by atoms with Gasteiger partial charge in [0.25, 0.3) is 0 Å². The smallest absolute Gasteiger partial charge is 0.229 e. The molecule has 1 aromatic carbocycles. The van der Waals surface area contributed by atoms with Crippen LogP contribution in [-0.4, -0.2) is 19.7 Å². The maximum absolute atomic E-state index is 11.3. The van der Waals surface area contributed by atoms with Crippen molar-refractivity contribution in [2.45, 2.75) is 6.92 Å². The SMILES string of the molecule is Cc1ccc(NS(C)(=O)=O)cc1-c1cc2ncccc2o1. The predicted octanol–water partition coefficient (Wildman–Crippen LogP) is 3.17. The van der Waals surface area contributed by atoms with E-state index < -0.39 is 10.0 Å². The lowest BCUT2D eigenvalue weighted by Crippen LogP contribution is -2.09. The molecule has 6 heteroatoms. The maximum atomic E-state index is 11.3. The van der Waals surface area contributed by atoms with Crippen molar-refractivity contribution in [3.8, 4) is 11.3 Å². The summed E-state index contributed by atoms with van der Waals surface area (Å²) in [7, 11) is -3.31. The zero-order valence-electron chi connectivity index (χ0n) is 11.6. The highest BCUT2D eigenvalue weighted by atomic mass is 32.2. The lowest BCUT2D eigenvalue weighted by Gasteiger charge is -2.08. The van der Waals surface area contributed by atoms with Gasteiger partial charge in [-0.3, -0.25) is 9.71 Å². The number of fused-ring (bicyclic) bond motifs is 1. The molecular weight excluding hydrogens is 288 g/mol. The Labute approximate surface area is 122 Å².